The van der Waals surface area contributed by atoms with Crippen LogP contribution >= 0.6 is 0 Å². The predicted molar refractivity (Wildman–Crippen MR) is 110 cm³/mol. The van der Waals surface area contributed by atoms with Gasteiger partial charge in [0, 0.05) is 16.7 Å². The molecule has 0 aliphatic rings. The van der Waals surface area contributed by atoms with E-state index in [1.807, 2.05) is 0 Å². The summed E-state index contributed by atoms with van der Waals surface area (Å²) in [5.41, 5.74) is 0. The number of unbranched alkanes of at least 4 members (excludes halogenated alkanes) is 3. The lowest BCUT2D eigenvalue weighted by atomic mass is 10.1. The van der Waals surface area contributed by atoms with E-state index in [1.165, 1.54) is 19.3 Å². The Kier molecular flexibility index (Phi) is 9.75. The average molecular weight is 392 g/mol. The molecule has 0 unspecified atom stereocenters. The highest BCUT2D eigenvalue weighted by Crippen LogP contribution is 2.33. The predicted octanol–water partition coefficient (Wildman–Crippen LogP) is 5.73. The van der Waals surface area contributed by atoms with E-state index in [4.69, 9.17) is 13.3 Å². The van der Waals surface area contributed by atoms with Gasteiger partial charge in [0.2, 0.25) is 0 Å². The van der Waals surface area contributed by atoms with Crippen molar-refractivity contribution in [3.63, 3.8) is 0 Å². The fourth-order valence-electron chi connectivity index (χ4n) is 2.44. The molecule has 0 aliphatic heterocycles. The van der Waals surface area contributed by atoms with Crippen LogP contribution in [0.25, 0.3) is 0 Å². The minimum absolute atomic E-state index is 0.826. The molecule has 0 aliphatic carbocycles. The maximum atomic E-state index is 6.54. The van der Waals surface area contributed by atoms with Gasteiger partial charge in [-0.25, -0.2) is 0 Å². The van der Waals surface area contributed by atoms with Crippen LogP contribution < -0.4 is 0 Å². The van der Waals surface area contributed by atoms with E-state index in [0.717, 1.165) is 18.9 Å². The molecule has 0 N–H and O–H groups in total. The van der Waals surface area contributed by atoms with Crippen molar-refractivity contribution in [2.45, 2.75) is 103 Å². The zero-order valence-corrected chi connectivity index (χ0v) is 21.0. The van der Waals surface area contributed by atoms with Crippen LogP contribution in [0.4, 0.5) is 0 Å². The second-order valence-electron chi connectivity index (χ2n) is 9.24. The summed E-state index contributed by atoms with van der Waals surface area (Å²) in [7, 11) is -1.79. The van der Waals surface area contributed by atoms with Gasteiger partial charge >= 0.3 is 0 Å². The Morgan fingerprint density at radius 2 is 0.957 bits per heavy atom. The molecule has 0 amide bonds. The Labute approximate surface area is 151 Å². The van der Waals surface area contributed by atoms with Crippen LogP contribution in [0.3, 0.4) is 0 Å². The molecule has 3 radical (unpaired) electrons. The van der Waals surface area contributed by atoms with Crippen molar-refractivity contribution in [2.24, 2.45) is 0 Å². The summed E-state index contributed by atoms with van der Waals surface area (Å²) in [6.07, 6.45) is 5.60. The Hall–Kier alpha value is 0.748. The monoisotopic (exact) mass is 391 g/mol. The normalized spacial score (nSPS) is 14.3. The SMILES string of the molecule is C[Si](C)(C)OC(CCCCCC[Si])(O[Si](C)(C)C)O[Si](C)(C)C. The zero-order chi connectivity index (χ0) is 18.4. The second-order valence-corrected chi connectivity index (χ2v) is 23.0. The lowest BCUT2D eigenvalue weighted by Crippen LogP contribution is -2.55. The van der Waals surface area contributed by atoms with Gasteiger partial charge in [-0.2, -0.15) is 0 Å². The van der Waals surface area contributed by atoms with Crippen molar-refractivity contribution in [1.82, 2.24) is 0 Å². The van der Waals surface area contributed by atoms with Gasteiger partial charge < -0.3 is 13.3 Å². The van der Waals surface area contributed by atoms with Gasteiger partial charge in [-0.15, -0.1) is 0 Å². The van der Waals surface area contributed by atoms with E-state index in [0.29, 0.717) is 0 Å². The maximum absolute atomic E-state index is 6.54. The van der Waals surface area contributed by atoms with E-state index < -0.39 is 30.9 Å². The molecule has 7 heteroatoms. The fraction of sp³-hybridized carbons (Fsp3) is 1.00. The first-order chi connectivity index (χ1) is 10.2. The quantitative estimate of drug-likeness (QED) is 0.241. The molecular weight excluding hydrogens is 353 g/mol. The smallest absolute Gasteiger partial charge is 0.254 e. The van der Waals surface area contributed by atoms with Crippen molar-refractivity contribution < 1.29 is 13.3 Å². The number of hydrogen-bond donors (Lipinski definition) is 0. The van der Waals surface area contributed by atoms with Gasteiger partial charge in [-0.05, 0) is 65.3 Å². The molecule has 137 valence electrons. The van der Waals surface area contributed by atoms with Crippen LogP contribution in [0, 0.1) is 0 Å². The summed E-state index contributed by atoms with van der Waals surface area (Å²) in [5, 5.41) is 0. The standard InChI is InChI=1S/C16H39O3Si4/c1-21(2,3)17-16(18-22(4,5)6,19-23(7,8)9)14-12-10-11-13-15-20/h10-15H2,1-9H3. The summed E-state index contributed by atoms with van der Waals surface area (Å²) >= 11 is 0. The molecule has 3 nitrogen and oxygen atoms in total. The van der Waals surface area contributed by atoms with E-state index in [2.05, 4.69) is 69.2 Å². The molecule has 0 aromatic heterocycles. The van der Waals surface area contributed by atoms with Crippen molar-refractivity contribution >= 4 is 35.2 Å². The topological polar surface area (TPSA) is 27.7 Å². The first-order valence-corrected chi connectivity index (χ1v) is 19.9. The van der Waals surface area contributed by atoms with Crippen molar-refractivity contribution in [3.05, 3.63) is 0 Å². The molecule has 0 aromatic carbocycles. The molecule has 0 rings (SSSR count). The highest BCUT2D eigenvalue weighted by molar-refractivity contribution is 6.72. The van der Waals surface area contributed by atoms with Crippen molar-refractivity contribution in [3.8, 4) is 0 Å². The lowest BCUT2D eigenvalue weighted by molar-refractivity contribution is -0.274. The van der Waals surface area contributed by atoms with Crippen molar-refractivity contribution in [2.75, 3.05) is 0 Å². The Morgan fingerprint density at radius 3 is 1.26 bits per heavy atom. The minimum atomic E-state index is -1.78. The largest absolute Gasteiger partial charge is 0.371 e. The summed E-state index contributed by atoms with van der Waals surface area (Å²) < 4.78 is 19.6. The van der Waals surface area contributed by atoms with E-state index >= 15 is 0 Å². The third kappa shape index (κ3) is 13.7. The Bertz CT molecular complexity index is 289. The number of hydrogen-bond acceptors (Lipinski definition) is 3. The molecule has 0 atom stereocenters. The van der Waals surface area contributed by atoms with Gasteiger partial charge in [0.15, 0.2) is 25.0 Å². The third-order valence-electron chi connectivity index (χ3n) is 2.79. The lowest BCUT2D eigenvalue weighted by Gasteiger charge is -2.45. The molecule has 0 saturated carbocycles. The zero-order valence-electron chi connectivity index (χ0n) is 17.0. The highest BCUT2D eigenvalue weighted by Gasteiger charge is 2.44. The van der Waals surface area contributed by atoms with E-state index in [-0.39, 0.29) is 0 Å². The summed E-state index contributed by atoms with van der Waals surface area (Å²) in [6.45, 7) is 19.9. The molecule has 0 bridgehead atoms. The first-order valence-electron chi connectivity index (χ1n) is 8.93. The molecule has 23 heavy (non-hydrogen) atoms. The Balaban J connectivity index is 5.21. The molecule has 0 aromatic rings. The molecule has 0 saturated heterocycles. The summed E-state index contributed by atoms with van der Waals surface area (Å²) in [4.78, 5) is 0. The molecule has 0 fully saturated rings. The molecular formula is C16H39O3Si4. The van der Waals surface area contributed by atoms with E-state index in [1.54, 1.807) is 0 Å². The van der Waals surface area contributed by atoms with E-state index in [9.17, 15) is 0 Å². The van der Waals surface area contributed by atoms with Crippen LogP contribution in [-0.2, 0) is 13.3 Å². The number of rotatable bonds is 12. The summed E-state index contributed by atoms with van der Waals surface area (Å²) in [5.74, 6) is -0.826. The van der Waals surface area contributed by atoms with Crippen molar-refractivity contribution in [1.29, 1.82) is 0 Å². The summed E-state index contributed by atoms with van der Waals surface area (Å²) in [6, 6.07) is 1.08. The second kappa shape index (κ2) is 9.45. The van der Waals surface area contributed by atoms with Crippen LogP contribution in [0.1, 0.15) is 32.1 Å². The minimum Gasteiger partial charge on any atom is -0.371 e. The highest BCUT2D eigenvalue weighted by atomic mass is 28.4. The van der Waals surface area contributed by atoms with Crippen LogP contribution in [-0.4, -0.2) is 41.2 Å². The van der Waals surface area contributed by atoms with Gasteiger partial charge in [0.05, 0.1) is 0 Å². The van der Waals surface area contributed by atoms with Gasteiger partial charge in [-0.3, -0.25) is 0 Å². The molecule has 0 heterocycles. The van der Waals surface area contributed by atoms with Crippen LogP contribution in [0.5, 0.6) is 0 Å². The van der Waals surface area contributed by atoms with Crippen LogP contribution in [0.2, 0.25) is 65.0 Å². The van der Waals surface area contributed by atoms with Gasteiger partial charge in [0.1, 0.15) is 0 Å². The van der Waals surface area contributed by atoms with Gasteiger partial charge in [-0.1, -0.05) is 25.3 Å². The molecule has 0 spiro atoms. The Morgan fingerprint density at radius 1 is 0.609 bits per heavy atom. The maximum Gasteiger partial charge on any atom is 0.254 e. The van der Waals surface area contributed by atoms with Gasteiger partial charge in [0.25, 0.3) is 5.97 Å². The van der Waals surface area contributed by atoms with Crippen LogP contribution in [0.15, 0.2) is 0 Å². The third-order valence-corrected chi connectivity index (χ3v) is 5.92. The first kappa shape index (κ1) is 23.7. The fourth-order valence-corrected chi connectivity index (χ4v) is 6.29. The average Bonchev–Trinajstić information content (AvgIpc) is 2.20.